The highest BCUT2D eigenvalue weighted by Crippen LogP contribution is 2.39. The van der Waals surface area contributed by atoms with Crippen LogP contribution in [0.3, 0.4) is 0 Å². The van der Waals surface area contributed by atoms with Gasteiger partial charge in [0, 0.05) is 0 Å². The number of ether oxygens (including phenoxy) is 3. The largest absolute Gasteiger partial charge is 0.466 e. The summed E-state index contributed by atoms with van der Waals surface area (Å²) in [5.74, 6) is -2.09. The molecule has 1 atom stereocenters. The number of carbonyl (C=O) groups is 2. The molecule has 0 bridgehead atoms. The minimum atomic E-state index is -0.814. The Kier molecular flexibility index (Phi) is 6.26. The molecule has 1 aliphatic rings. The molecule has 2 N–H and O–H groups in total. The van der Waals surface area contributed by atoms with Crippen molar-refractivity contribution in [2.45, 2.75) is 12.8 Å². The molecule has 1 aromatic carbocycles. The fraction of sp³-hybridized carbons (Fsp3) is 0.278. The van der Waals surface area contributed by atoms with Crippen LogP contribution in [-0.4, -0.2) is 31.5 Å². The molecule has 7 nitrogen and oxygen atoms in total. The van der Waals surface area contributed by atoms with Gasteiger partial charge in [-0.25, -0.2) is 9.59 Å². The Hall–Kier alpha value is -2.98. The molecular weight excluding hydrogens is 360 g/mol. The van der Waals surface area contributed by atoms with Gasteiger partial charge in [0.15, 0.2) is 0 Å². The topological polar surface area (TPSA) is 112 Å². The number of carbonyl (C=O) groups excluding carboxylic acids is 2. The Morgan fingerprint density at radius 3 is 2.46 bits per heavy atom. The minimum Gasteiger partial charge on any atom is -0.466 e. The first-order valence-electron chi connectivity index (χ1n) is 7.70. The van der Waals surface area contributed by atoms with E-state index in [4.69, 9.17) is 31.5 Å². The molecule has 0 radical (unpaired) electrons. The predicted molar refractivity (Wildman–Crippen MR) is 92.8 cm³/mol. The number of nitrogens with zero attached hydrogens (tertiary/aromatic N) is 1. The van der Waals surface area contributed by atoms with Crippen molar-refractivity contribution in [2.75, 3.05) is 19.6 Å². The molecule has 0 aliphatic carbocycles. The highest BCUT2D eigenvalue weighted by Gasteiger charge is 2.37. The number of hydrogen-bond donors (Lipinski definition) is 1. The molecule has 0 amide bonds. The first kappa shape index (κ1) is 19.3. The van der Waals surface area contributed by atoms with Crippen molar-refractivity contribution in [1.29, 1.82) is 5.26 Å². The molecule has 136 valence electrons. The predicted octanol–water partition coefficient (Wildman–Crippen LogP) is 2.34. The molecule has 0 aromatic heterocycles. The number of allylic oxidation sites excluding steroid dienone is 2. The number of nitrogens with two attached hydrogens (primary N) is 1. The number of halogens is 1. The van der Waals surface area contributed by atoms with E-state index in [0.717, 1.165) is 0 Å². The van der Waals surface area contributed by atoms with E-state index in [2.05, 4.69) is 0 Å². The lowest BCUT2D eigenvalue weighted by atomic mass is 9.83. The van der Waals surface area contributed by atoms with Crippen molar-refractivity contribution >= 4 is 23.5 Å². The zero-order chi connectivity index (χ0) is 19.3. The summed E-state index contributed by atoms with van der Waals surface area (Å²) in [5.41, 5.74) is 6.88. The van der Waals surface area contributed by atoms with Gasteiger partial charge in [-0.1, -0.05) is 12.1 Å². The van der Waals surface area contributed by atoms with Crippen LogP contribution in [0.5, 0.6) is 0 Å². The number of esters is 2. The van der Waals surface area contributed by atoms with E-state index in [9.17, 15) is 14.9 Å². The number of benzene rings is 1. The molecule has 0 fully saturated rings. The van der Waals surface area contributed by atoms with E-state index in [1.165, 1.54) is 7.11 Å². The van der Waals surface area contributed by atoms with E-state index in [-0.39, 0.29) is 35.3 Å². The summed E-state index contributed by atoms with van der Waals surface area (Å²) in [4.78, 5) is 24.1. The van der Waals surface area contributed by atoms with Crippen LogP contribution < -0.4 is 5.73 Å². The Morgan fingerprint density at radius 2 is 1.96 bits per heavy atom. The summed E-state index contributed by atoms with van der Waals surface area (Å²) in [6.07, 6.45) is 0. The molecule has 8 heteroatoms. The normalized spacial score (nSPS) is 16.6. The minimum absolute atomic E-state index is 0.0585. The summed E-state index contributed by atoms with van der Waals surface area (Å²) >= 11 is 5.87. The maximum absolute atomic E-state index is 12.3. The third-order valence-electron chi connectivity index (χ3n) is 3.78. The molecule has 1 heterocycles. The second-order valence-electron chi connectivity index (χ2n) is 5.23. The number of hydrogen-bond acceptors (Lipinski definition) is 7. The van der Waals surface area contributed by atoms with Crippen LogP contribution in [0.15, 0.2) is 47.1 Å². The van der Waals surface area contributed by atoms with Gasteiger partial charge < -0.3 is 19.9 Å². The van der Waals surface area contributed by atoms with E-state index in [1.54, 1.807) is 31.2 Å². The fourth-order valence-corrected chi connectivity index (χ4v) is 2.81. The van der Waals surface area contributed by atoms with Gasteiger partial charge in [-0.05, 0) is 24.6 Å². The summed E-state index contributed by atoms with van der Waals surface area (Å²) in [6, 6.07) is 8.28. The van der Waals surface area contributed by atoms with Gasteiger partial charge in [-0.2, -0.15) is 5.26 Å². The van der Waals surface area contributed by atoms with Gasteiger partial charge in [0.1, 0.15) is 17.4 Å². The molecular formula is C18H17ClN2O5. The Morgan fingerprint density at radius 1 is 1.31 bits per heavy atom. The highest BCUT2D eigenvalue weighted by atomic mass is 35.5. The molecule has 26 heavy (non-hydrogen) atoms. The fourth-order valence-electron chi connectivity index (χ4n) is 2.61. The van der Waals surface area contributed by atoms with Crippen molar-refractivity contribution in [3.63, 3.8) is 0 Å². The molecule has 1 aromatic rings. The summed E-state index contributed by atoms with van der Waals surface area (Å²) < 4.78 is 15.1. The Labute approximate surface area is 155 Å². The third-order valence-corrected chi connectivity index (χ3v) is 4.02. The summed E-state index contributed by atoms with van der Waals surface area (Å²) in [7, 11) is 1.22. The summed E-state index contributed by atoms with van der Waals surface area (Å²) in [6.45, 7) is 1.97. The first-order valence-corrected chi connectivity index (χ1v) is 8.23. The number of methoxy groups -OCH3 is 1. The van der Waals surface area contributed by atoms with E-state index >= 15 is 0 Å². The van der Waals surface area contributed by atoms with Crippen LogP contribution in [0, 0.1) is 11.3 Å². The smallest absolute Gasteiger partial charge is 0.338 e. The van der Waals surface area contributed by atoms with Gasteiger partial charge >= 0.3 is 11.9 Å². The maximum atomic E-state index is 12.3. The lowest BCUT2D eigenvalue weighted by molar-refractivity contribution is -0.136. The number of nitriles is 1. The zero-order valence-electron chi connectivity index (χ0n) is 14.2. The van der Waals surface area contributed by atoms with Gasteiger partial charge in [-0.3, -0.25) is 0 Å². The van der Waals surface area contributed by atoms with Crippen molar-refractivity contribution in [3.8, 4) is 6.07 Å². The van der Waals surface area contributed by atoms with E-state index < -0.39 is 17.9 Å². The molecule has 0 saturated carbocycles. The quantitative estimate of drug-likeness (QED) is 0.620. The van der Waals surface area contributed by atoms with Gasteiger partial charge in [0.25, 0.3) is 0 Å². The van der Waals surface area contributed by atoms with Crippen molar-refractivity contribution in [1.82, 2.24) is 0 Å². The molecule has 0 spiro atoms. The molecule has 0 saturated heterocycles. The monoisotopic (exact) mass is 376 g/mol. The third kappa shape index (κ3) is 3.65. The number of rotatable bonds is 5. The Bertz CT molecular complexity index is 821. The van der Waals surface area contributed by atoms with Crippen LogP contribution in [0.25, 0.3) is 0 Å². The van der Waals surface area contributed by atoms with Crippen LogP contribution in [-0.2, 0) is 19.0 Å². The summed E-state index contributed by atoms with van der Waals surface area (Å²) in [5, 5.41) is 9.49. The SMILES string of the molecule is CCOC(=O)c1ccc(C2C(C#N)=C(N)OC(CCl)=C2C(=O)OC)cc1. The number of alkyl halides is 1. The molecule has 2 rings (SSSR count). The average Bonchev–Trinajstić information content (AvgIpc) is 2.66. The Balaban J connectivity index is 2.55. The van der Waals surface area contributed by atoms with E-state index in [1.807, 2.05) is 6.07 Å². The van der Waals surface area contributed by atoms with Crippen molar-refractivity contribution in [3.05, 3.63) is 58.2 Å². The van der Waals surface area contributed by atoms with Crippen LogP contribution in [0.4, 0.5) is 0 Å². The van der Waals surface area contributed by atoms with Gasteiger partial charge in [-0.15, -0.1) is 11.6 Å². The standard InChI is InChI=1S/C18H17ClN2O5/c1-3-25-17(22)11-6-4-10(5-7-11)14-12(9-20)16(21)26-13(8-19)15(14)18(23)24-2/h4-7,14H,3,8,21H2,1-2H3. The molecule has 1 unspecified atom stereocenters. The van der Waals surface area contributed by atoms with Crippen LogP contribution in [0.2, 0.25) is 0 Å². The zero-order valence-corrected chi connectivity index (χ0v) is 15.0. The molecule has 1 aliphatic heterocycles. The van der Waals surface area contributed by atoms with E-state index in [0.29, 0.717) is 11.1 Å². The van der Waals surface area contributed by atoms with Crippen LogP contribution >= 0.6 is 11.6 Å². The second-order valence-corrected chi connectivity index (χ2v) is 5.50. The average molecular weight is 377 g/mol. The van der Waals surface area contributed by atoms with Crippen LogP contribution in [0.1, 0.15) is 28.8 Å². The lowest BCUT2D eigenvalue weighted by Gasteiger charge is -2.27. The van der Waals surface area contributed by atoms with Gasteiger partial charge in [0.2, 0.25) is 5.88 Å². The van der Waals surface area contributed by atoms with Crippen molar-refractivity contribution < 1.29 is 23.8 Å². The lowest BCUT2D eigenvalue weighted by Crippen LogP contribution is -2.26. The van der Waals surface area contributed by atoms with Crippen molar-refractivity contribution in [2.24, 2.45) is 5.73 Å². The highest BCUT2D eigenvalue weighted by molar-refractivity contribution is 6.19. The first-order chi connectivity index (χ1) is 12.5. The van der Waals surface area contributed by atoms with Gasteiger partial charge in [0.05, 0.1) is 36.7 Å². The maximum Gasteiger partial charge on any atom is 0.338 e. The second kappa shape index (κ2) is 8.41.